The molecule has 4 aliphatic rings. The molecule has 0 amide bonds. The first kappa shape index (κ1) is 11.0. The molecule has 98 valence electrons. The van der Waals surface area contributed by atoms with Gasteiger partial charge in [0.1, 0.15) is 5.60 Å². The Balaban J connectivity index is 1.66. The van der Waals surface area contributed by atoms with Crippen molar-refractivity contribution in [1.82, 2.24) is 0 Å². The van der Waals surface area contributed by atoms with Crippen LogP contribution >= 0.6 is 0 Å². The molecule has 2 aliphatic carbocycles. The van der Waals surface area contributed by atoms with Crippen molar-refractivity contribution in [3.8, 4) is 0 Å². The minimum Gasteiger partial charge on any atom is -0.478 e. The van der Waals surface area contributed by atoms with Crippen LogP contribution in [0.2, 0.25) is 0 Å². The second kappa shape index (κ2) is 3.36. The van der Waals surface area contributed by atoms with Crippen molar-refractivity contribution >= 4 is 5.97 Å². The third-order valence-electron chi connectivity index (χ3n) is 5.32. The number of carboxylic acids is 1. The Hall–Kier alpha value is -0.870. The zero-order chi connectivity index (χ0) is 12.5. The van der Waals surface area contributed by atoms with Gasteiger partial charge in [-0.25, -0.2) is 4.79 Å². The first-order chi connectivity index (χ1) is 8.63. The van der Waals surface area contributed by atoms with E-state index in [1.165, 1.54) is 0 Å². The van der Waals surface area contributed by atoms with Gasteiger partial charge in [0.15, 0.2) is 0 Å². The van der Waals surface area contributed by atoms with Crippen molar-refractivity contribution < 1.29 is 19.4 Å². The molecule has 4 nitrogen and oxygen atoms in total. The third kappa shape index (κ3) is 1.30. The molecule has 3 fully saturated rings. The van der Waals surface area contributed by atoms with E-state index in [9.17, 15) is 9.90 Å². The molecule has 0 aromatic carbocycles. The van der Waals surface area contributed by atoms with Gasteiger partial charge >= 0.3 is 5.97 Å². The fraction of sp³-hybridized carbons (Fsp3) is 0.786. The minimum absolute atomic E-state index is 0.247. The monoisotopic (exact) mass is 250 g/mol. The summed E-state index contributed by atoms with van der Waals surface area (Å²) < 4.78 is 11.6. The molecular weight excluding hydrogens is 232 g/mol. The van der Waals surface area contributed by atoms with Crippen LogP contribution in [0.15, 0.2) is 11.1 Å². The Bertz CT molecular complexity index is 455. The van der Waals surface area contributed by atoms with Gasteiger partial charge in [0.2, 0.25) is 0 Å². The van der Waals surface area contributed by atoms with E-state index >= 15 is 0 Å². The van der Waals surface area contributed by atoms with E-state index in [2.05, 4.69) is 0 Å². The largest absolute Gasteiger partial charge is 0.478 e. The summed E-state index contributed by atoms with van der Waals surface area (Å²) in [6, 6.07) is 0. The van der Waals surface area contributed by atoms with Crippen molar-refractivity contribution in [2.24, 2.45) is 5.92 Å². The summed E-state index contributed by atoms with van der Waals surface area (Å²) in [5.41, 5.74) is 1.32. The van der Waals surface area contributed by atoms with E-state index in [-0.39, 0.29) is 11.7 Å². The molecule has 0 aromatic heterocycles. The normalized spacial score (nSPS) is 49.4. The molecule has 5 atom stereocenters. The van der Waals surface area contributed by atoms with Gasteiger partial charge in [-0.05, 0) is 50.5 Å². The summed E-state index contributed by atoms with van der Waals surface area (Å²) in [4.78, 5) is 11.3. The van der Waals surface area contributed by atoms with Gasteiger partial charge in [0.25, 0.3) is 0 Å². The summed E-state index contributed by atoms with van der Waals surface area (Å²) in [6.45, 7) is 1.96. The van der Waals surface area contributed by atoms with Gasteiger partial charge in [0, 0.05) is 5.57 Å². The predicted molar refractivity (Wildman–Crippen MR) is 63.2 cm³/mol. The summed E-state index contributed by atoms with van der Waals surface area (Å²) in [5.74, 6) is -0.307. The molecule has 0 aromatic rings. The van der Waals surface area contributed by atoms with Crippen LogP contribution in [0.25, 0.3) is 0 Å². The van der Waals surface area contributed by atoms with E-state index < -0.39 is 5.97 Å². The van der Waals surface area contributed by atoms with Crippen LogP contribution in [0.5, 0.6) is 0 Å². The zero-order valence-electron chi connectivity index (χ0n) is 10.5. The Morgan fingerprint density at radius 2 is 2.17 bits per heavy atom. The fourth-order valence-electron chi connectivity index (χ4n) is 4.23. The second-order valence-corrected chi connectivity index (χ2v) is 6.07. The summed E-state index contributed by atoms with van der Waals surface area (Å²) in [5, 5.41) is 9.28. The average molecular weight is 250 g/mol. The molecule has 4 rings (SSSR count). The second-order valence-electron chi connectivity index (χ2n) is 6.07. The highest BCUT2D eigenvalue weighted by Crippen LogP contribution is 2.60. The number of aliphatic carboxylic acids is 1. The SMILES string of the molecule is CC1=C(C(=O)O)CCC2OC12C1CCC2OC2C1. The minimum atomic E-state index is -0.766. The van der Waals surface area contributed by atoms with Crippen molar-refractivity contribution in [3.63, 3.8) is 0 Å². The van der Waals surface area contributed by atoms with Gasteiger partial charge in [-0.2, -0.15) is 0 Å². The Kier molecular flexibility index (Phi) is 2.06. The smallest absolute Gasteiger partial charge is 0.331 e. The fourth-order valence-corrected chi connectivity index (χ4v) is 4.23. The molecule has 5 unspecified atom stereocenters. The van der Waals surface area contributed by atoms with Crippen LogP contribution in [-0.4, -0.2) is 35.0 Å². The summed E-state index contributed by atoms with van der Waals surface area (Å²) in [7, 11) is 0. The van der Waals surface area contributed by atoms with Gasteiger partial charge in [-0.15, -0.1) is 0 Å². The van der Waals surface area contributed by atoms with Crippen molar-refractivity contribution in [2.45, 2.75) is 62.9 Å². The molecule has 1 N–H and O–H groups in total. The predicted octanol–water partition coefficient (Wildman–Crippen LogP) is 1.89. The summed E-state index contributed by atoms with van der Waals surface area (Å²) in [6.07, 6.45) is 5.97. The van der Waals surface area contributed by atoms with E-state index in [1.807, 2.05) is 6.92 Å². The van der Waals surface area contributed by atoms with Crippen LogP contribution in [0.4, 0.5) is 0 Å². The van der Waals surface area contributed by atoms with Crippen molar-refractivity contribution in [1.29, 1.82) is 0 Å². The van der Waals surface area contributed by atoms with Crippen LogP contribution in [0.1, 0.15) is 39.0 Å². The molecule has 2 saturated heterocycles. The highest BCUT2D eigenvalue weighted by molar-refractivity contribution is 5.88. The number of carbonyl (C=O) groups is 1. The molecule has 0 radical (unpaired) electrons. The third-order valence-corrected chi connectivity index (χ3v) is 5.32. The van der Waals surface area contributed by atoms with Crippen LogP contribution in [0.3, 0.4) is 0 Å². The van der Waals surface area contributed by atoms with Crippen molar-refractivity contribution in [2.75, 3.05) is 0 Å². The van der Waals surface area contributed by atoms with Gasteiger partial charge in [-0.1, -0.05) is 0 Å². The van der Waals surface area contributed by atoms with E-state index in [0.29, 0.717) is 30.1 Å². The van der Waals surface area contributed by atoms with Crippen molar-refractivity contribution in [3.05, 3.63) is 11.1 Å². The highest BCUT2D eigenvalue weighted by Gasteiger charge is 2.66. The van der Waals surface area contributed by atoms with Crippen LogP contribution in [-0.2, 0) is 14.3 Å². The molecule has 2 heterocycles. The molecule has 4 heteroatoms. The number of ether oxygens (including phenoxy) is 2. The maximum absolute atomic E-state index is 11.3. The number of hydrogen-bond acceptors (Lipinski definition) is 3. The number of epoxide rings is 2. The first-order valence-corrected chi connectivity index (χ1v) is 6.89. The zero-order valence-corrected chi connectivity index (χ0v) is 10.5. The average Bonchev–Trinajstić information content (AvgIpc) is 3.22. The van der Waals surface area contributed by atoms with Gasteiger partial charge in [0.05, 0.1) is 18.3 Å². The quantitative estimate of drug-likeness (QED) is 0.760. The number of rotatable bonds is 2. The first-order valence-electron chi connectivity index (χ1n) is 6.89. The lowest BCUT2D eigenvalue weighted by Crippen LogP contribution is -2.36. The number of fused-ring (bicyclic) bond motifs is 2. The maximum atomic E-state index is 11.3. The Morgan fingerprint density at radius 1 is 1.33 bits per heavy atom. The Labute approximate surface area is 106 Å². The Morgan fingerprint density at radius 3 is 2.89 bits per heavy atom. The molecule has 0 bridgehead atoms. The van der Waals surface area contributed by atoms with Crippen LogP contribution < -0.4 is 0 Å². The van der Waals surface area contributed by atoms with Gasteiger partial charge < -0.3 is 14.6 Å². The van der Waals surface area contributed by atoms with Crippen LogP contribution in [0, 0.1) is 5.92 Å². The topological polar surface area (TPSA) is 62.4 Å². The van der Waals surface area contributed by atoms with E-state index in [1.54, 1.807) is 0 Å². The lowest BCUT2D eigenvalue weighted by molar-refractivity contribution is -0.133. The lowest BCUT2D eigenvalue weighted by atomic mass is 9.70. The molecular formula is C14H18O4. The molecule has 0 spiro atoms. The molecule has 2 aliphatic heterocycles. The number of carboxylic acid groups (broad SMARTS) is 1. The number of hydrogen-bond donors (Lipinski definition) is 1. The van der Waals surface area contributed by atoms with Gasteiger partial charge in [-0.3, -0.25) is 0 Å². The molecule has 1 saturated carbocycles. The van der Waals surface area contributed by atoms with E-state index in [0.717, 1.165) is 31.3 Å². The standard InChI is InChI=1S/C14H18O4/c1-7-9(13(15)16)3-5-12-14(7,18-12)8-2-4-10-11(6-8)17-10/h8,10-12H,2-6H2,1H3,(H,15,16). The highest BCUT2D eigenvalue weighted by atomic mass is 16.6. The lowest BCUT2D eigenvalue weighted by Gasteiger charge is -2.30. The maximum Gasteiger partial charge on any atom is 0.331 e. The molecule has 18 heavy (non-hydrogen) atoms. The van der Waals surface area contributed by atoms with E-state index in [4.69, 9.17) is 9.47 Å². The summed E-state index contributed by atoms with van der Waals surface area (Å²) >= 11 is 0.